The molecular weight excluding hydrogens is 382 g/mol. The van der Waals surface area contributed by atoms with Gasteiger partial charge < -0.3 is 15.1 Å². The van der Waals surface area contributed by atoms with E-state index in [4.69, 9.17) is 4.98 Å². The second-order valence-electron chi connectivity index (χ2n) is 9.94. The Bertz CT molecular complexity index is 910. The molecule has 2 aliphatic heterocycles. The molecule has 1 N–H and O–H groups in total. The Morgan fingerprint density at radius 1 is 1.10 bits per heavy atom. The molecule has 5 rings (SSSR count). The topological polar surface area (TPSA) is 34.6 Å². The van der Waals surface area contributed by atoms with E-state index in [1.54, 1.807) is 5.56 Å². The van der Waals surface area contributed by atoms with Gasteiger partial charge in [0.15, 0.2) is 0 Å². The quantitative estimate of drug-likeness (QED) is 0.805. The molecule has 0 spiro atoms. The predicted octanol–water partition coefficient (Wildman–Crippen LogP) is 3.25. The smallest absolute Gasteiger partial charge is 0.0607 e. The van der Waals surface area contributed by atoms with E-state index in [1.165, 1.54) is 54.7 Å². The van der Waals surface area contributed by atoms with Gasteiger partial charge in [-0.05, 0) is 82.1 Å². The van der Waals surface area contributed by atoms with Gasteiger partial charge >= 0.3 is 0 Å². The average molecular weight is 420 g/mol. The number of nitrogens with zero attached hydrogens (tertiary/aromatic N) is 4. The van der Waals surface area contributed by atoms with Gasteiger partial charge in [-0.1, -0.05) is 18.2 Å². The van der Waals surface area contributed by atoms with Crippen LogP contribution in [-0.2, 0) is 19.4 Å². The Labute approximate surface area is 187 Å². The highest BCUT2D eigenvalue weighted by Crippen LogP contribution is 2.34. The number of hydrogen-bond acceptors (Lipinski definition) is 5. The third-order valence-electron chi connectivity index (χ3n) is 7.72. The van der Waals surface area contributed by atoms with Gasteiger partial charge in [-0.25, -0.2) is 0 Å². The maximum absolute atomic E-state index is 4.77. The third-order valence-corrected chi connectivity index (χ3v) is 7.72. The van der Waals surface area contributed by atoms with Crippen molar-refractivity contribution in [3.05, 3.63) is 58.9 Å². The summed E-state index contributed by atoms with van der Waals surface area (Å²) in [4.78, 5) is 12.3. The molecule has 1 aromatic heterocycles. The van der Waals surface area contributed by atoms with Crippen LogP contribution < -0.4 is 10.2 Å². The van der Waals surface area contributed by atoms with Crippen LogP contribution in [0.2, 0.25) is 0 Å². The van der Waals surface area contributed by atoms with Crippen LogP contribution in [-0.4, -0.2) is 67.6 Å². The third kappa shape index (κ3) is 4.23. The molecular formula is C26H37N5. The maximum Gasteiger partial charge on any atom is 0.0607 e. The van der Waals surface area contributed by atoms with Crippen LogP contribution in [0.4, 0.5) is 5.69 Å². The van der Waals surface area contributed by atoms with Gasteiger partial charge in [0.05, 0.1) is 11.7 Å². The van der Waals surface area contributed by atoms with E-state index in [0.717, 1.165) is 26.1 Å². The number of likely N-dealkylation sites (N-methyl/N-ethyl adjacent to an activating group) is 2. The molecule has 5 nitrogen and oxygen atoms in total. The number of anilines is 1. The normalized spacial score (nSPS) is 25.7. The van der Waals surface area contributed by atoms with E-state index in [1.807, 2.05) is 6.20 Å². The minimum atomic E-state index is 0.447. The molecule has 166 valence electrons. The van der Waals surface area contributed by atoms with Crippen molar-refractivity contribution in [2.45, 2.75) is 56.8 Å². The first-order chi connectivity index (χ1) is 15.1. The number of aryl methyl sites for hydroxylation is 1. The van der Waals surface area contributed by atoms with Crippen molar-refractivity contribution in [2.75, 3.05) is 45.7 Å². The number of aromatic nitrogens is 1. The first-order valence-corrected chi connectivity index (χ1v) is 12.0. The zero-order valence-corrected chi connectivity index (χ0v) is 19.3. The average Bonchev–Trinajstić information content (AvgIpc) is 3.29. The molecule has 3 atom stereocenters. The summed E-state index contributed by atoms with van der Waals surface area (Å²) in [6.45, 7) is 4.36. The number of hydrogen-bond donors (Lipinski definition) is 1. The fraction of sp³-hybridized carbons (Fsp3) is 0.577. The van der Waals surface area contributed by atoms with E-state index < -0.39 is 0 Å². The van der Waals surface area contributed by atoms with Crippen molar-refractivity contribution in [3.63, 3.8) is 0 Å². The molecule has 1 aromatic carbocycles. The summed E-state index contributed by atoms with van der Waals surface area (Å²) in [5.74, 6) is 0. The zero-order valence-electron chi connectivity index (χ0n) is 19.3. The fourth-order valence-corrected chi connectivity index (χ4v) is 5.89. The van der Waals surface area contributed by atoms with Crippen molar-refractivity contribution < 1.29 is 0 Å². The standard InChI is InChI=1S/C26H37N5/c1-29(2)22-12-14-31(18-22)24-10-5-8-20-16-28-21(15-23(20)24)17-30(3)25-11-4-7-19-9-6-13-27-26(19)25/h5-6,8-10,13,21-22,25,28H,4,7,11-12,14-18H2,1-3H3/t21-,22+,25?/m1/s1. The Balaban J connectivity index is 1.30. The van der Waals surface area contributed by atoms with Gasteiger partial charge in [-0.2, -0.15) is 0 Å². The van der Waals surface area contributed by atoms with E-state index >= 15 is 0 Å². The summed E-state index contributed by atoms with van der Waals surface area (Å²) in [6, 6.07) is 12.9. The Morgan fingerprint density at radius 2 is 1.97 bits per heavy atom. The number of nitrogens with one attached hydrogen (secondary N) is 1. The predicted molar refractivity (Wildman–Crippen MR) is 128 cm³/mol. The molecule has 1 saturated heterocycles. The Morgan fingerprint density at radius 3 is 2.81 bits per heavy atom. The SMILES string of the molecule is CN(C[C@H]1Cc2c(cccc2N2CC[C@H](N(C)C)C2)CN1)C1CCCc2cccnc21. The molecule has 1 unspecified atom stereocenters. The van der Waals surface area contributed by atoms with Crippen molar-refractivity contribution in [2.24, 2.45) is 0 Å². The molecule has 0 bridgehead atoms. The van der Waals surface area contributed by atoms with E-state index in [-0.39, 0.29) is 0 Å². The molecule has 0 radical (unpaired) electrons. The van der Waals surface area contributed by atoms with Gasteiger partial charge in [0.2, 0.25) is 0 Å². The van der Waals surface area contributed by atoms with Crippen molar-refractivity contribution in [3.8, 4) is 0 Å². The minimum absolute atomic E-state index is 0.447. The lowest BCUT2D eigenvalue weighted by atomic mass is 9.89. The molecule has 0 amide bonds. The van der Waals surface area contributed by atoms with Crippen LogP contribution in [0.15, 0.2) is 36.5 Å². The van der Waals surface area contributed by atoms with Gasteiger partial charge in [-0.15, -0.1) is 0 Å². The van der Waals surface area contributed by atoms with Gasteiger partial charge in [0.1, 0.15) is 0 Å². The van der Waals surface area contributed by atoms with Crippen LogP contribution >= 0.6 is 0 Å². The van der Waals surface area contributed by atoms with Crippen LogP contribution in [0.25, 0.3) is 0 Å². The minimum Gasteiger partial charge on any atom is -0.370 e. The molecule has 1 fully saturated rings. The molecule has 3 aliphatic rings. The highest BCUT2D eigenvalue weighted by Gasteiger charge is 2.30. The maximum atomic E-state index is 4.77. The van der Waals surface area contributed by atoms with E-state index in [0.29, 0.717) is 18.1 Å². The summed E-state index contributed by atoms with van der Waals surface area (Å²) in [5, 5.41) is 3.83. The number of benzene rings is 1. The Kier molecular flexibility index (Phi) is 6.00. The largest absolute Gasteiger partial charge is 0.370 e. The fourth-order valence-electron chi connectivity index (χ4n) is 5.89. The van der Waals surface area contributed by atoms with Crippen LogP contribution in [0.1, 0.15) is 47.7 Å². The lowest BCUT2D eigenvalue weighted by Crippen LogP contribution is -2.45. The summed E-state index contributed by atoms with van der Waals surface area (Å²) in [5.41, 5.74) is 7.27. The lowest BCUT2D eigenvalue weighted by molar-refractivity contribution is 0.191. The van der Waals surface area contributed by atoms with Gasteiger partial charge in [0.25, 0.3) is 0 Å². The molecule has 2 aromatic rings. The molecule has 3 heterocycles. The second-order valence-corrected chi connectivity index (χ2v) is 9.94. The van der Waals surface area contributed by atoms with Crippen LogP contribution in [0.5, 0.6) is 0 Å². The molecule has 31 heavy (non-hydrogen) atoms. The van der Waals surface area contributed by atoms with Gasteiger partial charge in [-0.3, -0.25) is 9.88 Å². The Hall–Kier alpha value is -1.95. The van der Waals surface area contributed by atoms with Crippen LogP contribution in [0, 0.1) is 0 Å². The first kappa shape index (κ1) is 20.9. The molecule has 1 aliphatic carbocycles. The number of rotatable bonds is 5. The molecule has 5 heteroatoms. The number of fused-ring (bicyclic) bond motifs is 2. The first-order valence-electron chi connectivity index (χ1n) is 12.0. The van der Waals surface area contributed by atoms with E-state index in [2.05, 4.69) is 71.5 Å². The van der Waals surface area contributed by atoms with Crippen LogP contribution in [0.3, 0.4) is 0 Å². The van der Waals surface area contributed by atoms with Crippen molar-refractivity contribution >= 4 is 5.69 Å². The van der Waals surface area contributed by atoms with Crippen molar-refractivity contribution in [1.29, 1.82) is 0 Å². The monoisotopic (exact) mass is 419 g/mol. The summed E-state index contributed by atoms with van der Waals surface area (Å²) in [6.07, 6.45) is 7.99. The lowest BCUT2D eigenvalue weighted by Gasteiger charge is -2.37. The second kappa shape index (κ2) is 8.89. The summed E-state index contributed by atoms with van der Waals surface area (Å²) >= 11 is 0. The number of pyridine rings is 1. The molecule has 0 saturated carbocycles. The highest BCUT2D eigenvalue weighted by atomic mass is 15.2. The zero-order chi connectivity index (χ0) is 21.4. The van der Waals surface area contributed by atoms with E-state index in [9.17, 15) is 0 Å². The highest BCUT2D eigenvalue weighted by molar-refractivity contribution is 5.58. The summed E-state index contributed by atoms with van der Waals surface area (Å²) < 4.78 is 0. The van der Waals surface area contributed by atoms with Gasteiger partial charge in [0, 0.05) is 50.1 Å². The van der Waals surface area contributed by atoms with Crippen molar-refractivity contribution in [1.82, 2.24) is 20.1 Å². The summed E-state index contributed by atoms with van der Waals surface area (Å²) in [7, 11) is 6.71.